The molecule has 11 heteroatoms. The molecule has 120 valence electrons. The second-order valence-electron chi connectivity index (χ2n) is 4.45. The Kier molecular flexibility index (Phi) is 4.68. The number of aryl methyl sites for hydroxylation is 1. The molecular weight excluding hydrogens is 404 g/mol. The summed E-state index contributed by atoms with van der Waals surface area (Å²) in [6.07, 6.45) is 0. The van der Waals surface area contributed by atoms with Crippen molar-refractivity contribution in [3.05, 3.63) is 38.9 Å². The molecule has 0 unspecified atom stereocenters. The standard InChI is InChI=1S/C12H11BrN6O2S2/c1-6-15-16-10(23-12-18-17-11(22)21-12)19(6)14-5-7-4-8(13)2-3-9(7)20/h2-4,14,20H,5H2,1H3,(H,17,22). The summed E-state index contributed by atoms with van der Waals surface area (Å²) in [5.41, 5.74) is 3.89. The van der Waals surface area contributed by atoms with Crippen LogP contribution in [0, 0.1) is 11.8 Å². The molecule has 3 rings (SSSR count). The maximum atomic E-state index is 9.89. The number of aromatic amines is 1. The van der Waals surface area contributed by atoms with Crippen molar-refractivity contribution in [2.24, 2.45) is 0 Å². The van der Waals surface area contributed by atoms with Crippen molar-refractivity contribution >= 4 is 39.9 Å². The molecule has 0 saturated heterocycles. The van der Waals surface area contributed by atoms with E-state index in [0.717, 1.165) is 10.0 Å². The van der Waals surface area contributed by atoms with Gasteiger partial charge in [0.15, 0.2) is 0 Å². The highest BCUT2D eigenvalue weighted by molar-refractivity contribution is 9.10. The second-order valence-corrected chi connectivity index (χ2v) is 6.66. The number of phenols is 1. The number of aromatic hydroxyl groups is 1. The van der Waals surface area contributed by atoms with Crippen LogP contribution in [0.3, 0.4) is 0 Å². The molecule has 0 atom stereocenters. The molecule has 0 fully saturated rings. The summed E-state index contributed by atoms with van der Waals surface area (Å²) in [5, 5.41) is 25.3. The van der Waals surface area contributed by atoms with E-state index < -0.39 is 0 Å². The lowest BCUT2D eigenvalue weighted by Gasteiger charge is -2.11. The Labute approximate surface area is 148 Å². The lowest BCUT2D eigenvalue weighted by molar-refractivity contribution is 0.440. The monoisotopic (exact) mass is 414 g/mol. The summed E-state index contributed by atoms with van der Waals surface area (Å²) < 4.78 is 7.78. The molecule has 0 saturated carbocycles. The molecule has 0 aliphatic rings. The van der Waals surface area contributed by atoms with Gasteiger partial charge in [0.2, 0.25) is 5.16 Å². The summed E-state index contributed by atoms with van der Waals surface area (Å²) >= 11 is 9.40. The Morgan fingerprint density at radius 2 is 2.30 bits per heavy atom. The van der Waals surface area contributed by atoms with Gasteiger partial charge in [-0.2, -0.15) is 0 Å². The average Bonchev–Trinajstić information content (AvgIpc) is 3.07. The molecule has 3 N–H and O–H groups in total. The third-order valence-corrected chi connectivity index (χ3v) is 4.33. The van der Waals surface area contributed by atoms with Crippen LogP contribution < -0.4 is 5.43 Å². The van der Waals surface area contributed by atoms with Gasteiger partial charge in [0, 0.05) is 21.8 Å². The molecular formula is C12H11BrN6O2S2. The number of nitrogens with one attached hydrogen (secondary N) is 2. The first-order valence-corrected chi connectivity index (χ1v) is 8.41. The third-order valence-electron chi connectivity index (χ3n) is 2.86. The van der Waals surface area contributed by atoms with Crippen LogP contribution in [0.2, 0.25) is 0 Å². The molecule has 2 heterocycles. The van der Waals surface area contributed by atoms with Crippen molar-refractivity contribution < 1.29 is 9.52 Å². The first-order valence-electron chi connectivity index (χ1n) is 6.39. The van der Waals surface area contributed by atoms with Crippen molar-refractivity contribution in [2.75, 3.05) is 5.43 Å². The first-order chi connectivity index (χ1) is 11.0. The van der Waals surface area contributed by atoms with Crippen LogP contribution in [0.4, 0.5) is 0 Å². The SMILES string of the molecule is Cc1nnc(Sc2n[nH]c(=S)o2)n1NCc1cc(Br)ccc1O. The largest absolute Gasteiger partial charge is 0.508 e. The van der Waals surface area contributed by atoms with Crippen molar-refractivity contribution in [3.8, 4) is 5.75 Å². The summed E-state index contributed by atoms with van der Waals surface area (Å²) in [5.74, 6) is 0.870. The third kappa shape index (κ3) is 3.74. The van der Waals surface area contributed by atoms with Crippen LogP contribution in [-0.4, -0.2) is 30.2 Å². The molecule has 0 bridgehead atoms. The minimum absolute atomic E-state index is 0.197. The Balaban J connectivity index is 1.78. The lowest BCUT2D eigenvalue weighted by Crippen LogP contribution is -2.17. The van der Waals surface area contributed by atoms with Crippen LogP contribution in [0.15, 0.2) is 37.5 Å². The number of benzene rings is 1. The highest BCUT2D eigenvalue weighted by Gasteiger charge is 2.14. The molecule has 1 aromatic carbocycles. The number of H-pyrrole nitrogens is 1. The van der Waals surface area contributed by atoms with E-state index in [-0.39, 0.29) is 10.6 Å². The number of phenolic OH excluding ortho intramolecular Hbond substituents is 1. The molecule has 0 aliphatic heterocycles. The van der Waals surface area contributed by atoms with Gasteiger partial charge in [-0.25, -0.2) is 9.77 Å². The predicted octanol–water partition coefficient (Wildman–Crippen LogP) is 3.00. The van der Waals surface area contributed by atoms with Gasteiger partial charge in [-0.1, -0.05) is 15.9 Å². The predicted molar refractivity (Wildman–Crippen MR) is 89.4 cm³/mol. The maximum Gasteiger partial charge on any atom is 0.284 e. The highest BCUT2D eigenvalue weighted by atomic mass is 79.9. The summed E-state index contributed by atoms with van der Waals surface area (Å²) in [6, 6.07) is 5.24. The van der Waals surface area contributed by atoms with Gasteiger partial charge in [0.05, 0.1) is 6.54 Å². The summed E-state index contributed by atoms with van der Waals surface area (Å²) in [6.45, 7) is 2.20. The Bertz CT molecular complexity index is 890. The number of nitrogens with zero attached hydrogens (tertiary/aromatic N) is 4. The Morgan fingerprint density at radius 1 is 1.48 bits per heavy atom. The molecule has 0 amide bonds. The van der Waals surface area contributed by atoms with Crippen LogP contribution >= 0.6 is 39.9 Å². The lowest BCUT2D eigenvalue weighted by atomic mass is 10.2. The van der Waals surface area contributed by atoms with E-state index in [0.29, 0.717) is 22.7 Å². The number of rotatable bonds is 5. The van der Waals surface area contributed by atoms with Gasteiger partial charge >= 0.3 is 0 Å². The van der Waals surface area contributed by atoms with Crippen molar-refractivity contribution in [2.45, 2.75) is 23.8 Å². The zero-order chi connectivity index (χ0) is 16.4. The van der Waals surface area contributed by atoms with Crippen LogP contribution in [-0.2, 0) is 6.54 Å². The fourth-order valence-electron chi connectivity index (χ4n) is 1.79. The maximum absolute atomic E-state index is 9.89. The van der Waals surface area contributed by atoms with Crippen LogP contribution in [0.25, 0.3) is 0 Å². The highest BCUT2D eigenvalue weighted by Crippen LogP contribution is 2.25. The number of aromatic nitrogens is 5. The molecule has 0 radical (unpaired) electrons. The van der Waals surface area contributed by atoms with E-state index in [9.17, 15) is 5.11 Å². The van der Waals surface area contributed by atoms with Crippen molar-refractivity contribution in [3.63, 3.8) is 0 Å². The smallest absolute Gasteiger partial charge is 0.284 e. The van der Waals surface area contributed by atoms with Gasteiger partial charge in [-0.15, -0.1) is 15.3 Å². The van der Waals surface area contributed by atoms with Gasteiger partial charge in [0.1, 0.15) is 11.6 Å². The summed E-state index contributed by atoms with van der Waals surface area (Å²) in [4.78, 5) is 0.197. The summed E-state index contributed by atoms with van der Waals surface area (Å²) in [7, 11) is 0. The quantitative estimate of drug-likeness (QED) is 0.547. The average molecular weight is 415 g/mol. The normalized spacial score (nSPS) is 10.9. The van der Waals surface area contributed by atoms with Crippen LogP contribution in [0.5, 0.6) is 5.75 Å². The number of halogens is 1. The van der Waals surface area contributed by atoms with Gasteiger partial charge in [-0.3, -0.25) is 0 Å². The zero-order valence-corrected chi connectivity index (χ0v) is 15.0. The van der Waals surface area contributed by atoms with Crippen LogP contribution in [0.1, 0.15) is 11.4 Å². The van der Waals surface area contributed by atoms with E-state index >= 15 is 0 Å². The van der Waals surface area contributed by atoms with E-state index in [1.807, 2.05) is 13.0 Å². The second kappa shape index (κ2) is 6.72. The number of hydrogen-bond acceptors (Lipinski definition) is 8. The first kappa shape index (κ1) is 16.0. The molecule has 0 spiro atoms. The van der Waals surface area contributed by atoms with Crippen molar-refractivity contribution in [1.29, 1.82) is 0 Å². The Morgan fingerprint density at radius 3 is 3.04 bits per heavy atom. The molecule has 2 aromatic heterocycles. The van der Waals surface area contributed by atoms with E-state index in [4.69, 9.17) is 16.6 Å². The minimum atomic E-state index is 0.197. The van der Waals surface area contributed by atoms with Gasteiger partial charge in [0.25, 0.3) is 10.1 Å². The minimum Gasteiger partial charge on any atom is -0.508 e. The number of hydrogen-bond donors (Lipinski definition) is 3. The molecule has 8 nitrogen and oxygen atoms in total. The Hall–Kier alpha value is -1.85. The molecule has 0 aliphatic carbocycles. The van der Waals surface area contributed by atoms with E-state index in [2.05, 4.69) is 41.8 Å². The van der Waals surface area contributed by atoms with Gasteiger partial charge in [-0.05, 0) is 37.3 Å². The van der Waals surface area contributed by atoms with E-state index in [1.54, 1.807) is 16.8 Å². The van der Waals surface area contributed by atoms with Crippen molar-refractivity contribution in [1.82, 2.24) is 25.1 Å². The fraction of sp³-hybridized carbons (Fsp3) is 0.167. The van der Waals surface area contributed by atoms with Gasteiger partial charge < -0.3 is 14.9 Å². The fourth-order valence-corrected chi connectivity index (χ4v) is 3.12. The van der Waals surface area contributed by atoms with E-state index in [1.165, 1.54) is 11.8 Å². The zero-order valence-electron chi connectivity index (χ0n) is 11.8. The molecule has 23 heavy (non-hydrogen) atoms. The molecule has 3 aromatic rings. The topological polar surface area (TPSA) is 105 Å².